The molecule has 4 rings (SSSR count). The zero-order valence-electron chi connectivity index (χ0n) is 9.42. The minimum Gasteiger partial charge on any atom is -0.469 e. The van der Waals surface area contributed by atoms with Crippen LogP contribution in [0.5, 0.6) is 0 Å². The van der Waals surface area contributed by atoms with Crippen molar-refractivity contribution in [3.63, 3.8) is 0 Å². The molecule has 2 nitrogen and oxygen atoms in total. The maximum atomic E-state index is 12.0. The summed E-state index contributed by atoms with van der Waals surface area (Å²) in [5, 5.41) is 0. The number of carbonyl (C=O) groups is 1. The first-order chi connectivity index (χ1) is 7.05. The number of carbonyl (C=O) groups excluding carboxylic acids is 1. The minimum atomic E-state index is -0.152. The van der Waals surface area contributed by atoms with Gasteiger partial charge in [0.05, 0.1) is 12.5 Å². The Morgan fingerprint density at radius 2 is 1.87 bits per heavy atom. The van der Waals surface area contributed by atoms with Crippen LogP contribution in [0.15, 0.2) is 0 Å². The third-order valence-electron chi connectivity index (χ3n) is 4.80. The van der Waals surface area contributed by atoms with Gasteiger partial charge in [0, 0.05) is 0 Å². The van der Waals surface area contributed by atoms with Crippen molar-refractivity contribution in [2.45, 2.75) is 38.5 Å². The third-order valence-corrected chi connectivity index (χ3v) is 4.80. The van der Waals surface area contributed by atoms with Gasteiger partial charge in [-0.3, -0.25) is 4.79 Å². The van der Waals surface area contributed by atoms with Gasteiger partial charge in [-0.25, -0.2) is 0 Å². The molecule has 0 N–H and O–H groups in total. The van der Waals surface area contributed by atoms with Crippen LogP contribution in [0.2, 0.25) is 0 Å². The fourth-order valence-corrected chi connectivity index (χ4v) is 4.91. The molecule has 0 spiro atoms. The summed E-state index contributed by atoms with van der Waals surface area (Å²) in [6, 6.07) is 0. The minimum absolute atomic E-state index is 0.0321. The van der Waals surface area contributed by atoms with Gasteiger partial charge in [-0.2, -0.15) is 0 Å². The van der Waals surface area contributed by atoms with Crippen molar-refractivity contribution in [3.05, 3.63) is 6.92 Å². The number of hydrogen-bond donors (Lipinski definition) is 0. The van der Waals surface area contributed by atoms with Crippen molar-refractivity contribution < 1.29 is 9.53 Å². The van der Waals surface area contributed by atoms with E-state index in [1.54, 1.807) is 0 Å². The lowest BCUT2D eigenvalue weighted by Gasteiger charge is -2.59. The fraction of sp³-hybridized carbons (Fsp3) is 0.846. The summed E-state index contributed by atoms with van der Waals surface area (Å²) in [6.45, 7) is 4.38. The molecule has 2 heteroatoms. The summed E-state index contributed by atoms with van der Waals surface area (Å²) < 4.78 is 5.01. The average molecular weight is 207 g/mol. The molecule has 4 bridgehead atoms. The number of hydrogen-bond acceptors (Lipinski definition) is 2. The van der Waals surface area contributed by atoms with E-state index >= 15 is 0 Å². The molecule has 4 saturated carbocycles. The predicted octanol–water partition coefficient (Wildman–Crippen LogP) is 2.58. The highest BCUT2D eigenvalue weighted by Crippen LogP contribution is 2.65. The van der Waals surface area contributed by atoms with Crippen molar-refractivity contribution >= 4 is 5.97 Å². The van der Waals surface area contributed by atoms with Crippen LogP contribution >= 0.6 is 0 Å². The Morgan fingerprint density at radius 3 is 2.33 bits per heavy atom. The van der Waals surface area contributed by atoms with E-state index in [4.69, 9.17) is 4.74 Å². The van der Waals surface area contributed by atoms with Crippen molar-refractivity contribution in [2.75, 3.05) is 7.11 Å². The Hall–Kier alpha value is -0.530. The second-order valence-corrected chi connectivity index (χ2v) is 6.23. The van der Waals surface area contributed by atoms with Gasteiger partial charge in [0.15, 0.2) is 0 Å². The Balaban J connectivity index is 1.96. The molecular weight excluding hydrogens is 188 g/mol. The van der Waals surface area contributed by atoms with Crippen LogP contribution in [0.1, 0.15) is 38.5 Å². The van der Waals surface area contributed by atoms with Crippen LogP contribution in [-0.4, -0.2) is 13.1 Å². The highest BCUT2D eigenvalue weighted by Gasteiger charge is 2.59. The first-order valence-electron chi connectivity index (χ1n) is 5.99. The summed E-state index contributed by atoms with van der Waals surface area (Å²) in [7, 11) is 1.52. The Kier molecular flexibility index (Phi) is 1.79. The summed E-state index contributed by atoms with van der Waals surface area (Å²) in [5.41, 5.74) is 0.0405. The normalized spacial score (nSPS) is 51.9. The van der Waals surface area contributed by atoms with Crippen LogP contribution in [0.25, 0.3) is 0 Å². The molecule has 2 atom stereocenters. The van der Waals surface area contributed by atoms with Gasteiger partial charge in [-0.05, 0) is 62.7 Å². The molecule has 83 valence electrons. The van der Waals surface area contributed by atoms with E-state index in [0.29, 0.717) is 0 Å². The highest BCUT2D eigenvalue weighted by atomic mass is 16.5. The van der Waals surface area contributed by atoms with Crippen LogP contribution in [0.3, 0.4) is 0 Å². The van der Waals surface area contributed by atoms with Gasteiger partial charge >= 0.3 is 5.97 Å². The molecule has 0 aliphatic heterocycles. The summed E-state index contributed by atoms with van der Waals surface area (Å²) in [6.07, 6.45) is 6.90. The van der Waals surface area contributed by atoms with Gasteiger partial charge in [-0.1, -0.05) is 0 Å². The molecule has 0 amide bonds. The second kappa shape index (κ2) is 2.78. The Bertz CT molecular complexity index is 294. The Labute approximate surface area is 91.4 Å². The molecule has 0 aromatic heterocycles. The van der Waals surface area contributed by atoms with E-state index in [1.807, 2.05) is 0 Å². The van der Waals surface area contributed by atoms with E-state index in [-0.39, 0.29) is 16.8 Å². The average Bonchev–Trinajstić information content (AvgIpc) is 2.12. The fourth-order valence-electron chi connectivity index (χ4n) is 4.91. The van der Waals surface area contributed by atoms with E-state index in [9.17, 15) is 4.79 Å². The summed E-state index contributed by atoms with van der Waals surface area (Å²) in [4.78, 5) is 12.0. The SMILES string of the molecule is [CH2]C12CC3CC(C1)CC(C(=O)OC)(C3)C2. The maximum absolute atomic E-state index is 12.0. The smallest absolute Gasteiger partial charge is 0.311 e. The second-order valence-electron chi connectivity index (χ2n) is 6.23. The summed E-state index contributed by atoms with van der Waals surface area (Å²) in [5.74, 6) is 1.51. The number of methoxy groups -OCH3 is 1. The molecule has 15 heavy (non-hydrogen) atoms. The topological polar surface area (TPSA) is 26.3 Å². The molecule has 0 aromatic carbocycles. The van der Waals surface area contributed by atoms with Crippen molar-refractivity contribution in [3.8, 4) is 0 Å². The molecule has 1 radical (unpaired) electrons. The predicted molar refractivity (Wildman–Crippen MR) is 56.9 cm³/mol. The summed E-state index contributed by atoms with van der Waals surface area (Å²) >= 11 is 0. The van der Waals surface area contributed by atoms with Crippen molar-refractivity contribution in [1.82, 2.24) is 0 Å². The molecular formula is C13H19O2. The van der Waals surface area contributed by atoms with Gasteiger partial charge < -0.3 is 4.74 Å². The molecule has 4 aliphatic rings. The molecule has 2 unspecified atom stereocenters. The lowest BCUT2D eigenvalue weighted by molar-refractivity contribution is -0.173. The van der Waals surface area contributed by atoms with Gasteiger partial charge in [0.25, 0.3) is 0 Å². The van der Waals surface area contributed by atoms with Crippen molar-refractivity contribution in [1.29, 1.82) is 0 Å². The van der Waals surface area contributed by atoms with Crippen molar-refractivity contribution in [2.24, 2.45) is 22.7 Å². The maximum Gasteiger partial charge on any atom is 0.311 e. The molecule has 0 aromatic rings. The molecule has 4 aliphatic carbocycles. The zero-order valence-corrected chi connectivity index (χ0v) is 9.42. The Morgan fingerprint density at radius 1 is 1.27 bits per heavy atom. The van der Waals surface area contributed by atoms with Crippen LogP contribution in [-0.2, 0) is 9.53 Å². The van der Waals surface area contributed by atoms with Gasteiger partial charge in [0.1, 0.15) is 0 Å². The van der Waals surface area contributed by atoms with Gasteiger partial charge in [0.2, 0.25) is 0 Å². The van der Waals surface area contributed by atoms with Crippen LogP contribution < -0.4 is 0 Å². The standard InChI is InChI=1S/C13H19O2/c1-12-4-9-3-10(5-12)7-13(6-9,8-12)11(14)15-2/h9-10H,1,3-8H2,2H3. The van der Waals surface area contributed by atoms with E-state index < -0.39 is 0 Å². The first kappa shape index (κ1) is 9.68. The number of esters is 1. The van der Waals surface area contributed by atoms with E-state index in [0.717, 1.165) is 31.1 Å². The zero-order chi connectivity index (χ0) is 10.7. The lowest BCUT2D eigenvalue weighted by Crippen LogP contribution is -2.54. The first-order valence-corrected chi connectivity index (χ1v) is 5.99. The van der Waals surface area contributed by atoms with Gasteiger partial charge in [-0.15, -0.1) is 0 Å². The molecule has 0 heterocycles. The van der Waals surface area contributed by atoms with E-state index in [1.165, 1.54) is 26.4 Å². The largest absolute Gasteiger partial charge is 0.469 e. The highest BCUT2D eigenvalue weighted by molar-refractivity contribution is 5.77. The number of ether oxygens (including phenoxy) is 1. The van der Waals surface area contributed by atoms with Crippen LogP contribution in [0, 0.1) is 29.6 Å². The molecule has 4 fully saturated rings. The lowest BCUT2D eigenvalue weighted by atomic mass is 9.44. The van der Waals surface area contributed by atoms with E-state index in [2.05, 4.69) is 6.92 Å². The third kappa shape index (κ3) is 1.26. The molecule has 0 saturated heterocycles. The van der Waals surface area contributed by atoms with Crippen LogP contribution in [0.4, 0.5) is 0 Å². The number of rotatable bonds is 1. The quantitative estimate of drug-likeness (QED) is 0.618. The monoisotopic (exact) mass is 207 g/mol.